The molecule has 1 aromatic heterocycles. The number of anilines is 1. The van der Waals surface area contributed by atoms with Crippen LogP contribution in [-0.2, 0) is 76.3 Å². The van der Waals surface area contributed by atoms with E-state index in [1.54, 1.807) is 29.4 Å². The number of para-hydroxylation sites is 1. The van der Waals surface area contributed by atoms with Gasteiger partial charge in [0.25, 0.3) is 0 Å². The van der Waals surface area contributed by atoms with E-state index >= 15 is 0 Å². The van der Waals surface area contributed by atoms with E-state index in [-0.39, 0.29) is 104 Å². The molecule has 1 heterocycles. The molecule has 0 saturated heterocycles. The van der Waals surface area contributed by atoms with Crippen LogP contribution in [-0.4, -0.2) is 117 Å². The number of ether oxygens (including phenoxy) is 9. The van der Waals surface area contributed by atoms with Gasteiger partial charge in [-0.2, -0.15) is 5.10 Å². The van der Waals surface area contributed by atoms with Crippen LogP contribution in [0.2, 0.25) is 0 Å². The zero-order valence-electron chi connectivity index (χ0n) is 50.9. The van der Waals surface area contributed by atoms with E-state index in [9.17, 15) is 43.2 Å². The van der Waals surface area contributed by atoms with Crippen LogP contribution in [0.1, 0.15) is 160 Å². The molecule has 4 fully saturated rings. The van der Waals surface area contributed by atoms with Crippen LogP contribution in [0.4, 0.5) is 5.13 Å². The Morgan fingerprint density at radius 2 is 0.876 bits per heavy atom. The minimum Gasteiger partial charge on any atom is -0.465 e. The predicted molar refractivity (Wildman–Crippen MR) is 329 cm³/mol. The van der Waals surface area contributed by atoms with Crippen LogP contribution in [0.3, 0.4) is 0 Å². The number of esters is 9. The van der Waals surface area contributed by atoms with Crippen LogP contribution in [0.15, 0.2) is 85.5 Å². The molecule has 2 aromatic carbocycles. The van der Waals surface area contributed by atoms with Gasteiger partial charge in [-0.3, -0.25) is 28.8 Å². The molecule has 0 spiro atoms. The highest BCUT2D eigenvalue weighted by Crippen LogP contribution is 2.37. The van der Waals surface area contributed by atoms with Crippen LogP contribution in [0.5, 0.6) is 11.5 Å². The SMILES string of the molecule is C=CC(=O)OCCCCCCN(/N=C/c1cc(OC(=O)C2CCC(C(=O)OC3CCC(C(=O)OCCCCOC(=O)C=C)CC3)CC2)ccc1OC(=O)C1CCC(C(=O)OC2CCC(C(=O)OCCCCOC(=O)C=C)CC2)CC1)c1nc2ccccc2s1. The first kappa shape index (κ1) is 68.7. The first-order valence-electron chi connectivity index (χ1n) is 31.6. The van der Waals surface area contributed by atoms with Crippen molar-refractivity contribution in [1.82, 2.24) is 4.98 Å². The lowest BCUT2D eigenvalue weighted by Crippen LogP contribution is -2.33. The van der Waals surface area contributed by atoms with Gasteiger partial charge in [0.2, 0.25) is 5.13 Å². The number of hydrogen-bond donors (Lipinski definition) is 0. The van der Waals surface area contributed by atoms with Crippen LogP contribution >= 0.6 is 11.3 Å². The number of carbonyl (C=O) groups is 9. The first-order valence-corrected chi connectivity index (χ1v) is 32.4. The van der Waals surface area contributed by atoms with Gasteiger partial charge in [0.1, 0.15) is 23.7 Å². The number of hydrazone groups is 1. The molecule has 7 rings (SSSR count). The van der Waals surface area contributed by atoms with E-state index in [4.69, 9.17) is 52.7 Å². The summed E-state index contributed by atoms with van der Waals surface area (Å²) >= 11 is 1.48. The smallest absolute Gasteiger partial charge is 0.330 e. The Balaban J connectivity index is 0.922. The number of rotatable bonds is 33. The molecule has 21 nitrogen and oxygen atoms in total. The Hall–Kier alpha value is -7.75. The minimum atomic E-state index is -0.506. The molecule has 0 aliphatic heterocycles. The van der Waals surface area contributed by atoms with Gasteiger partial charge in [-0.25, -0.2) is 24.4 Å². The second-order valence-electron chi connectivity index (χ2n) is 23.1. The molecule has 482 valence electrons. The van der Waals surface area contributed by atoms with Crippen molar-refractivity contribution in [3.8, 4) is 11.5 Å². The molecule has 4 saturated carbocycles. The van der Waals surface area contributed by atoms with Crippen molar-refractivity contribution in [3.05, 3.63) is 86.0 Å². The Labute approximate surface area is 524 Å². The van der Waals surface area contributed by atoms with Crippen molar-refractivity contribution in [2.24, 2.45) is 40.6 Å². The topological polar surface area (TPSA) is 265 Å². The van der Waals surface area contributed by atoms with Gasteiger partial charge in [0, 0.05) is 30.3 Å². The number of carbonyl (C=O) groups excluding carboxylic acids is 9. The van der Waals surface area contributed by atoms with Gasteiger partial charge in [0.05, 0.1) is 85.0 Å². The molecule has 89 heavy (non-hydrogen) atoms. The molecule has 3 aromatic rings. The summed E-state index contributed by atoms with van der Waals surface area (Å²) in [5.41, 5.74) is 1.17. The minimum absolute atomic E-state index is 0.189. The number of nitrogens with zero attached hydrogens (tertiary/aromatic N) is 3. The maximum absolute atomic E-state index is 14.0. The third-order valence-electron chi connectivity index (χ3n) is 16.7. The van der Waals surface area contributed by atoms with E-state index in [0.29, 0.717) is 152 Å². The second-order valence-corrected chi connectivity index (χ2v) is 24.1. The van der Waals surface area contributed by atoms with Crippen molar-refractivity contribution in [2.45, 2.75) is 166 Å². The number of benzene rings is 2. The molecule has 0 atom stereocenters. The monoisotopic (exact) mass is 1250 g/mol. The highest BCUT2D eigenvalue weighted by Gasteiger charge is 2.37. The number of hydrogen-bond acceptors (Lipinski definition) is 22. The lowest BCUT2D eigenvalue weighted by molar-refractivity contribution is -0.161. The summed E-state index contributed by atoms with van der Waals surface area (Å²) < 4.78 is 51.0. The van der Waals surface area contributed by atoms with Gasteiger partial charge in [0.15, 0.2) is 0 Å². The third-order valence-corrected chi connectivity index (χ3v) is 17.7. The van der Waals surface area contributed by atoms with Gasteiger partial charge >= 0.3 is 53.7 Å². The fraction of sp³-hybridized carbons (Fsp3) is 0.567. The lowest BCUT2D eigenvalue weighted by Gasteiger charge is -2.30. The van der Waals surface area contributed by atoms with Gasteiger partial charge in [-0.1, -0.05) is 49.6 Å². The molecule has 4 aliphatic carbocycles. The van der Waals surface area contributed by atoms with E-state index in [1.807, 2.05) is 24.3 Å². The Morgan fingerprint density at radius 1 is 0.472 bits per heavy atom. The number of unbranched alkanes of at least 4 members (excludes halogenated alkanes) is 5. The molecule has 22 heteroatoms. The lowest BCUT2D eigenvalue weighted by atomic mass is 9.82. The zero-order chi connectivity index (χ0) is 63.3. The molecule has 0 amide bonds. The average Bonchev–Trinajstić information content (AvgIpc) is 3.17. The van der Waals surface area contributed by atoms with Crippen molar-refractivity contribution < 1.29 is 85.8 Å². The van der Waals surface area contributed by atoms with Gasteiger partial charge in [-0.15, -0.1) is 0 Å². The molecular formula is C67H85N3O18S. The standard InChI is InChI=1S/C67H85N3O18S/c1-4-58(71)80-38-12-8-7-11-37-70(67-69-55-17-9-10-18-57(55)89-67)68-44-51-43-54(87-65(78)49-21-19-47(20-22-49)63(76)85-52-31-27-45(28-32-52)61(74)83-41-15-13-39-81-59(72)5-2)35-36-56(51)88-66(79)50-25-23-48(24-26-50)64(77)86-53-33-29-46(30-34-53)62(75)84-42-16-14-40-82-60(73)6-3/h4-6,9-10,17-18,35-36,43-50,52-53H,1-3,7-8,11-16,19-34,37-42H2/b68-44+. The summed E-state index contributed by atoms with van der Waals surface area (Å²) in [7, 11) is 0. The number of aromatic nitrogens is 1. The fourth-order valence-electron chi connectivity index (χ4n) is 11.4. The molecule has 4 aliphatic rings. The number of fused-ring (bicyclic) bond motifs is 1. The quantitative estimate of drug-likeness (QED) is 0.0104. The van der Waals surface area contributed by atoms with Crippen LogP contribution < -0.4 is 14.5 Å². The summed E-state index contributed by atoms with van der Waals surface area (Å²) in [6.07, 6.45) is 17.2. The van der Waals surface area contributed by atoms with Gasteiger partial charge in [-0.05, 0) is 178 Å². The molecule has 0 unspecified atom stereocenters. The largest absolute Gasteiger partial charge is 0.465 e. The van der Waals surface area contributed by atoms with Gasteiger partial charge < -0.3 is 42.6 Å². The summed E-state index contributed by atoms with van der Waals surface area (Å²) in [4.78, 5) is 119. The van der Waals surface area contributed by atoms with Crippen molar-refractivity contribution in [1.29, 1.82) is 0 Å². The maximum Gasteiger partial charge on any atom is 0.330 e. The van der Waals surface area contributed by atoms with E-state index < -0.39 is 41.7 Å². The molecule has 0 radical (unpaired) electrons. The Bertz CT molecular complexity index is 2890. The fourth-order valence-corrected chi connectivity index (χ4v) is 12.3. The maximum atomic E-state index is 14.0. The first-order chi connectivity index (χ1) is 43.2. The second kappa shape index (κ2) is 36.7. The third kappa shape index (κ3) is 22.7. The van der Waals surface area contributed by atoms with Crippen molar-refractivity contribution in [3.63, 3.8) is 0 Å². The normalized spacial score (nSPS) is 21.7. The molecule has 0 N–H and O–H groups in total. The van der Waals surface area contributed by atoms with Crippen LogP contribution in [0, 0.1) is 35.5 Å². The zero-order valence-corrected chi connectivity index (χ0v) is 51.7. The van der Waals surface area contributed by atoms with E-state index in [0.717, 1.165) is 47.7 Å². The molecule has 0 bridgehead atoms. The molecular weight excluding hydrogens is 1170 g/mol. The summed E-state index contributed by atoms with van der Waals surface area (Å²) in [5.74, 6) is -5.46. The Morgan fingerprint density at radius 3 is 1.35 bits per heavy atom. The summed E-state index contributed by atoms with van der Waals surface area (Å²) in [6, 6.07) is 12.5. The summed E-state index contributed by atoms with van der Waals surface area (Å²) in [5, 5.41) is 7.34. The average molecular weight is 1250 g/mol. The Kier molecular flexibility index (Phi) is 28.3. The number of thiazole rings is 1. The van der Waals surface area contributed by atoms with Crippen LogP contribution in [0.25, 0.3) is 10.2 Å². The predicted octanol–water partition coefficient (Wildman–Crippen LogP) is 11.2. The highest BCUT2D eigenvalue weighted by molar-refractivity contribution is 7.22. The highest BCUT2D eigenvalue weighted by atomic mass is 32.1. The van der Waals surface area contributed by atoms with E-state index in [2.05, 4.69) is 19.7 Å². The van der Waals surface area contributed by atoms with Crippen molar-refractivity contribution in [2.75, 3.05) is 44.6 Å². The van der Waals surface area contributed by atoms with E-state index in [1.165, 1.54) is 11.3 Å². The van der Waals surface area contributed by atoms with Crippen molar-refractivity contribution >= 4 is 86.6 Å². The summed E-state index contributed by atoms with van der Waals surface area (Å²) in [6.45, 7) is 11.8.